The first-order valence-corrected chi connectivity index (χ1v) is 6.62. The topological polar surface area (TPSA) is 22.1 Å². The van der Waals surface area contributed by atoms with Gasteiger partial charge in [0.1, 0.15) is 0 Å². The van der Waals surface area contributed by atoms with Crippen LogP contribution in [0.3, 0.4) is 0 Å². The van der Waals surface area contributed by atoms with Gasteiger partial charge in [-0.15, -0.1) is 11.8 Å². The second kappa shape index (κ2) is 24.8. The van der Waals surface area contributed by atoms with E-state index in [0.717, 1.165) is 12.0 Å². The molecule has 1 aromatic rings. The molecule has 0 N–H and O–H groups in total. The Labute approximate surface area is 114 Å². The van der Waals surface area contributed by atoms with Crippen molar-refractivity contribution in [1.29, 1.82) is 0 Å². The van der Waals surface area contributed by atoms with Gasteiger partial charge in [0.05, 0.1) is 6.61 Å². The number of ether oxygens (including phenoxy) is 1. The molecule has 1 aromatic heterocycles. The Morgan fingerprint density at radius 1 is 1.11 bits per heavy atom. The van der Waals surface area contributed by atoms with E-state index in [-0.39, 0.29) is 0 Å². The highest BCUT2D eigenvalue weighted by Gasteiger charge is 1.85. The maximum absolute atomic E-state index is 4.90. The van der Waals surface area contributed by atoms with Crippen LogP contribution in [0, 0.1) is 11.8 Å². The van der Waals surface area contributed by atoms with Crippen LogP contribution in [0.15, 0.2) is 24.5 Å². The van der Waals surface area contributed by atoms with E-state index in [4.69, 9.17) is 4.74 Å². The molecule has 0 radical (unpaired) electrons. The minimum absolute atomic E-state index is 0.669. The molecule has 18 heavy (non-hydrogen) atoms. The van der Waals surface area contributed by atoms with Gasteiger partial charge in [-0.25, -0.2) is 0 Å². The highest BCUT2D eigenvalue weighted by molar-refractivity contribution is 5.07. The zero-order valence-corrected chi connectivity index (χ0v) is 13.1. The van der Waals surface area contributed by atoms with E-state index in [1.54, 1.807) is 19.5 Å². The summed E-state index contributed by atoms with van der Waals surface area (Å²) in [4.78, 5) is 3.87. The highest BCUT2D eigenvalue weighted by atomic mass is 16.5. The third-order valence-electron chi connectivity index (χ3n) is 1.41. The molecule has 104 valence electrons. The van der Waals surface area contributed by atoms with E-state index < -0.39 is 0 Å². The minimum Gasteiger partial charge on any atom is -0.380 e. The fourth-order valence-corrected chi connectivity index (χ4v) is 0.822. The Morgan fingerprint density at radius 2 is 1.61 bits per heavy atom. The Bertz CT molecular complexity index is 272. The van der Waals surface area contributed by atoms with Crippen molar-refractivity contribution in [2.24, 2.45) is 0 Å². The number of hydrogen-bond donors (Lipinski definition) is 0. The molecular formula is C16H29NO. The van der Waals surface area contributed by atoms with Gasteiger partial charge in [0, 0.05) is 25.9 Å². The fraction of sp³-hybridized carbons (Fsp3) is 0.562. The first-order chi connectivity index (χ1) is 8.85. The van der Waals surface area contributed by atoms with Crippen molar-refractivity contribution in [3.8, 4) is 11.8 Å². The number of methoxy groups -OCH3 is 1. The molecule has 1 rings (SSSR count). The van der Waals surface area contributed by atoms with Gasteiger partial charge in [0.15, 0.2) is 0 Å². The lowest BCUT2D eigenvalue weighted by Crippen LogP contribution is -1.85. The lowest BCUT2D eigenvalue weighted by Gasteiger charge is -1.94. The average molecular weight is 251 g/mol. The Hall–Kier alpha value is -1.33. The van der Waals surface area contributed by atoms with Crippen molar-refractivity contribution in [2.75, 3.05) is 7.11 Å². The molecule has 2 nitrogen and oxygen atoms in total. The van der Waals surface area contributed by atoms with E-state index in [0.29, 0.717) is 6.61 Å². The molecule has 0 aliphatic carbocycles. The Kier molecular flexibility index (Phi) is 30.1. The number of aromatic nitrogens is 1. The summed E-state index contributed by atoms with van der Waals surface area (Å²) in [6.07, 6.45) is 4.50. The lowest BCUT2D eigenvalue weighted by molar-refractivity contribution is 0.185. The van der Waals surface area contributed by atoms with Crippen LogP contribution in [0.1, 0.15) is 53.5 Å². The van der Waals surface area contributed by atoms with E-state index in [1.807, 2.05) is 53.7 Å². The van der Waals surface area contributed by atoms with Gasteiger partial charge in [-0.1, -0.05) is 34.6 Å². The summed E-state index contributed by atoms with van der Waals surface area (Å²) in [7, 11) is 1.68. The smallest absolute Gasteiger partial charge is 0.0714 e. The zero-order chi connectivity index (χ0) is 14.6. The van der Waals surface area contributed by atoms with Crippen LogP contribution in [0.25, 0.3) is 0 Å². The van der Waals surface area contributed by atoms with Crippen molar-refractivity contribution >= 4 is 0 Å². The van der Waals surface area contributed by atoms with E-state index in [9.17, 15) is 0 Å². The van der Waals surface area contributed by atoms with Gasteiger partial charge >= 0.3 is 0 Å². The Balaban J connectivity index is -0.000000215. The number of pyridine rings is 1. The Morgan fingerprint density at radius 3 is 1.89 bits per heavy atom. The van der Waals surface area contributed by atoms with Crippen LogP contribution >= 0.6 is 0 Å². The molecule has 2 heteroatoms. The molecule has 0 saturated heterocycles. The van der Waals surface area contributed by atoms with E-state index in [1.165, 1.54) is 0 Å². The summed E-state index contributed by atoms with van der Waals surface area (Å²) < 4.78 is 4.90. The average Bonchev–Trinajstić information content (AvgIpc) is 2.46. The number of rotatable bonds is 2. The molecule has 0 aliphatic heterocycles. The van der Waals surface area contributed by atoms with Crippen molar-refractivity contribution in [3.63, 3.8) is 0 Å². The summed E-state index contributed by atoms with van der Waals surface area (Å²) in [6.45, 7) is 12.6. The second-order valence-corrected chi connectivity index (χ2v) is 2.57. The molecule has 1 heterocycles. The molecule has 0 aromatic carbocycles. The van der Waals surface area contributed by atoms with Crippen LogP contribution < -0.4 is 0 Å². The van der Waals surface area contributed by atoms with Crippen LogP contribution in [0.5, 0.6) is 0 Å². The molecule has 0 fully saturated rings. The third kappa shape index (κ3) is 20.1. The molecule has 0 unspecified atom stereocenters. The predicted octanol–water partition coefficient (Wildman–Crippen LogP) is 4.70. The number of hydrogen-bond acceptors (Lipinski definition) is 2. The van der Waals surface area contributed by atoms with Crippen molar-refractivity contribution < 1.29 is 4.74 Å². The number of nitrogens with zero attached hydrogens (tertiary/aromatic N) is 1. The lowest BCUT2D eigenvalue weighted by atomic mass is 10.3. The van der Waals surface area contributed by atoms with Crippen LogP contribution in [-0.2, 0) is 11.3 Å². The van der Waals surface area contributed by atoms with E-state index in [2.05, 4.69) is 16.8 Å². The van der Waals surface area contributed by atoms with Gasteiger partial charge in [0.2, 0.25) is 0 Å². The summed E-state index contributed by atoms with van der Waals surface area (Å²) in [5, 5.41) is 0. The van der Waals surface area contributed by atoms with Crippen molar-refractivity contribution in [2.45, 2.75) is 54.6 Å². The minimum atomic E-state index is 0.669. The SMILES string of the molecule is CC.CC.CC#CCC.COCc1ccncc1. The highest BCUT2D eigenvalue weighted by Crippen LogP contribution is 1.95. The maximum Gasteiger partial charge on any atom is 0.0714 e. The summed E-state index contributed by atoms with van der Waals surface area (Å²) in [5.74, 6) is 5.63. The zero-order valence-electron chi connectivity index (χ0n) is 13.1. The summed E-state index contributed by atoms with van der Waals surface area (Å²) in [5.41, 5.74) is 1.16. The molecule has 0 amide bonds. The standard InChI is InChI=1S/C7H9NO.C5H8.2C2H6/c1-9-6-7-2-4-8-5-3-7;1-3-5-4-2;2*1-2/h2-5H,6H2,1H3;3H2,1-2H3;2*1-2H3. The van der Waals surface area contributed by atoms with E-state index >= 15 is 0 Å². The molecule has 0 spiro atoms. The second-order valence-electron chi connectivity index (χ2n) is 2.57. The molecular weight excluding hydrogens is 222 g/mol. The van der Waals surface area contributed by atoms with Crippen molar-refractivity contribution in [3.05, 3.63) is 30.1 Å². The first-order valence-electron chi connectivity index (χ1n) is 6.62. The summed E-state index contributed by atoms with van der Waals surface area (Å²) in [6, 6.07) is 3.87. The van der Waals surface area contributed by atoms with Gasteiger partial charge < -0.3 is 4.74 Å². The van der Waals surface area contributed by atoms with Gasteiger partial charge in [-0.2, -0.15) is 0 Å². The predicted molar refractivity (Wildman–Crippen MR) is 81.4 cm³/mol. The van der Waals surface area contributed by atoms with Gasteiger partial charge in [-0.05, 0) is 24.6 Å². The molecule has 0 atom stereocenters. The van der Waals surface area contributed by atoms with Crippen molar-refractivity contribution in [1.82, 2.24) is 4.98 Å². The normalized spacial score (nSPS) is 6.83. The maximum atomic E-state index is 4.90. The largest absolute Gasteiger partial charge is 0.380 e. The molecule has 0 saturated carbocycles. The first kappa shape index (κ1) is 21.9. The van der Waals surface area contributed by atoms with Crippen LogP contribution in [-0.4, -0.2) is 12.1 Å². The quantitative estimate of drug-likeness (QED) is 0.711. The van der Waals surface area contributed by atoms with Gasteiger partial charge in [0.25, 0.3) is 0 Å². The molecule has 0 aliphatic rings. The van der Waals surface area contributed by atoms with Crippen LogP contribution in [0.2, 0.25) is 0 Å². The third-order valence-corrected chi connectivity index (χ3v) is 1.41. The van der Waals surface area contributed by atoms with Crippen LogP contribution in [0.4, 0.5) is 0 Å². The fourth-order valence-electron chi connectivity index (χ4n) is 0.822. The monoisotopic (exact) mass is 251 g/mol. The summed E-state index contributed by atoms with van der Waals surface area (Å²) >= 11 is 0. The molecule has 0 bridgehead atoms. The van der Waals surface area contributed by atoms with Gasteiger partial charge in [-0.3, -0.25) is 4.98 Å².